The Kier molecular flexibility index (Phi) is 3.96. The summed E-state index contributed by atoms with van der Waals surface area (Å²) in [5.74, 6) is 0. The first-order valence-corrected chi connectivity index (χ1v) is 7.93. The van der Waals surface area contributed by atoms with Crippen molar-refractivity contribution in [2.24, 2.45) is 0 Å². The van der Waals surface area contributed by atoms with E-state index < -0.39 is 6.10 Å². The highest BCUT2D eigenvalue weighted by molar-refractivity contribution is 5.79. The van der Waals surface area contributed by atoms with Crippen LogP contribution in [0.3, 0.4) is 0 Å². The average molecular weight is 284 g/mol. The molecular formula is C18H24N2O. The van der Waals surface area contributed by atoms with Crippen molar-refractivity contribution in [3.63, 3.8) is 0 Å². The van der Waals surface area contributed by atoms with E-state index in [1.807, 2.05) is 18.2 Å². The highest BCUT2D eigenvalue weighted by Gasteiger charge is 2.39. The largest absolute Gasteiger partial charge is 0.386 e. The molecule has 1 aromatic carbocycles. The van der Waals surface area contributed by atoms with E-state index in [1.54, 1.807) is 6.20 Å². The molecule has 3 heteroatoms. The zero-order chi connectivity index (χ0) is 14.9. The van der Waals surface area contributed by atoms with Crippen molar-refractivity contribution < 1.29 is 5.11 Å². The van der Waals surface area contributed by atoms with Crippen molar-refractivity contribution in [1.82, 2.24) is 9.88 Å². The molecule has 1 aliphatic heterocycles. The van der Waals surface area contributed by atoms with Crippen molar-refractivity contribution in [2.75, 3.05) is 13.1 Å². The lowest BCUT2D eigenvalue weighted by Crippen LogP contribution is -2.48. The number of benzene rings is 1. The summed E-state index contributed by atoms with van der Waals surface area (Å²) in [6, 6.07) is 10.1. The molecule has 0 amide bonds. The topological polar surface area (TPSA) is 36.4 Å². The van der Waals surface area contributed by atoms with Gasteiger partial charge in [-0.2, -0.15) is 0 Å². The van der Waals surface area contributed by atoms with E-state index in [4.69, 9.17) is 0 Å². The fourth-order valence-electron chi connectivity index (χ4n) is 3.43. The molecule has 0 aliphatic carbocycles. The Labute approximate surface area is 126 Å². The number of aliphatic hydroxyl groups is 1. The monoisotopic (exact) mass is 284 g/mol. The van der Waals surface area contributed by atoms with E-state index in [2.05, 4.69) is 35.9 Å². The van der Waals surface area contributed by atoms with E-state index in [1.165, 1.54) is 12.8 Å². The second-order valence-corrected chi connectivity index (χ2v) is 6.26. The second-order valence-electron chi connectivity index (χ2n) is 6.26. The lowest BCUT2D eigenvalue weighted by atomic mass is 9.85. The summed E-state index contributed by atoms with van der Waals surface area (Å²) in [6.45, 7) is 6.53. The summed E-state index contributed by atoms with van der Waals surface area (Å²) >= 11 is 0. The fourth-order valence-corrected chi connectivity index (χ4v) is 3.43. The molecule has 0 radical (unpaired) electrons. The van der Waals surface area contributed by atoms with Crippen LogP contribution < -0.4 is 0 Å². The Bertz CT molecular complexity index is 621. The third-order valence-electron chi connectivity index (χ3n) is 5.08. The van der Waals surface area contributed by atoms with Gasteiger partial charge >= 0.3 is 0 Å². The number of likely N-dealkylation sites (tertiary alicyclic amines) is 1. The number of hydrogen-bond donors (Lipinski definition) is 1. The van der Waals surface area contributed by atoms with Gasteiger partial charge in [0.1, 0.15) is 0 Å². The van der Waals surface area contributed by atoms with E-state index in [0.29, 0.717) is 0 Å². The number of aliphatic hydroxyl groups excluding tert-OH is 1. The van der Waals surface area contributed by atoms with E-state index in [0.717, 1.165) is 36.0 Å². The Morgan fingerprint density at radius 3 is 2.76 bits per heavy atom. The molecule has 1 aromatic heterocycles. The van der Waals surface area contributed by atoms with Gasteiger partial charge in [0, 0.05) is 17.1 Å². The fraction of sp³-hybridized carbons (Fsp3) is 0.500. The first-order valence-electron chi connectivity index (χ1n) is 7.93. The Morgan fingerprint density at radius 1 is 1.29 bits per heavy atom. The third kappa shape index (κ3) is 2.56. The van der Waals surface area contributed by atoms with Crippen LogP contribution in [0.25, 0.3) is 10.9 Å². The van der Waals surface area contributed by atoms with Gasteiger partial charge in [-0.1, -0.05) is 25.1 Å². The maximum absolute atomic E-state index is 11.0. The lowest BCUT2D eigenvalue weighted by molar-refractivity contribution is -0.0139. The Hall–Kier alpha value is -1.45. The number of pyridine rings is 1. The maximum atomic E-state index is 11.0. The molecule has 0 bridgehead atoms. The number of nitrogens with zero attached hydrogens (tertiary/aromatic N) is 2. The summed E-state index contributed by atoms with van der Waals surface area (Å²) in [5, 5.41) is 12.1. The zero-order valence-corrected chi connectivity index (χ0v) is 12.9. The predicted molar refractivity (Wildman–Crippen MR) is 86.2 cm³/mol. The third-order valence-corrected chi connectivity index (χ3v) is 5.08. The summed E-state index contributed by atoms with van der Waals surface area (Å²) in [5.41, 5.74) is 1.73. The molecule has 3 rings (SSSR count). The molecule has 2 heterocycles. The molecule has 21 heavy (non-hydrogen) atoms. The minimum atomic E-state index is -0.480. The van der Waals surface area contributed by atoms with Crippen LogP contribution in [-0.2, 0) is 0 Å². The van der Waals surface area contributed by atoms with Gasteiger partial charge in [-0.3, -0.25) is 9.88 Å². The van der Waals surface area contributed by atoms with Crippen molar-refractivity contribution in [3.8, 4) is 0 Å². The maximum Gasteiger partial charge on any atom is 0.0971 e. The van der Waals surface area contributed by atoms with Crippen LogP contribution in [0.4, 0.5) is 0 Å². The van der Waals surface area contributed by atoms with Gasteiger partial charge < -0.3 is 5.11 Å². The van der Waals surface area contributed by atoms with Crippen molar-refractivity contribution >= 4 is 10.9 Å². The van der Waals surface area contributed by atoms with Crippen molar-refractivity contribution in [1.29, 1.82) is 0 Å². The molecule has 0 spiro atoms. The lowest BCUT2D eigenvalue weighted by Gasteiger charge is -2.42. The number of aromatic nitrogens is 1. The van der Waals surface area contributed by atoms with Crippen molar-refractivity contribution in [3.05, 3.63) is 42.1 Å². The molecule has 3 nitrogen and oxygen atoms in total. The molecule has 2 aromatic rings. The van der Waals surface area contributed by atoms with Crippen LogP contribution in [0.15, 0.2) is 36.5 Å². The molecule has 1 saturated heterocycles. The Morgan fingerprint density at radius 2 is 2.05 bits per heavy atom. The minimum Gasteiger partial charge on any atom is -0.386 e. The molecule has 2 atom stereocenters. The average Bonchev–Trinajstić information content (AvgIpc) is 3.08. The van der Waals surface area contributed by atoms with Crippen LogP contribution in [0.1, 0.15) is 44.8 Å². The van der Waals surface area contributed by atoms with Gasteiger partial charge in [0.25, 0.3) is 0 Å². The molecule has 1 fully saturated rings. The van der Waals surface area contributed by atoms with Crippen LogP contribution >= 0.6 is 0 Å². The van der Waals surface area contributed by atoms with Crippen LogP contribution in [0.2, 0.25) is 0 Å². The van der Waals surface area contributed by atoms with E-state index in [9.17, 15) is 5.11 Å². The van der Waals surface area contributed by atoms with E-state index >= 15 is 0 Å². The SMILES string of the molecule is CCC(C)(C(O)c1ccc2cccnc2c1)N1CCCC1. The molecular weight excluding hydrogens is 260 g/mol. The second kappa shape index (κ2) is 5.74. The summed E-state index contributed by atoms with van der Waals surface area (Å²) < 4.78 is 0. The standard InChI is InChI=1S/C18H24N2O/c1-3-18(2,20-11-4-5-12-20)17(21)15-9-8-14-7-6-10-19-16(14)13-15/h6-10,13,17,21H,3-5,11-12H2,1-2H3. The van der Waals surface area contributed by atoms with Gasteiger partial charge in [0.05, 0.1) is 11.6 Å². The van der Waals surface area contributed by atoms with Gasteiger partial charge in [-0.15, -0.1) is 0 Å². The number of fused-ring (bicyclic) bond motifs is 1. The zero-order valence-electron chi connectivity index (χ0n) is 12.9. The van der Waals surface area contributed by atoms with Crippen molar-refractivity contribution in [2.45, 2.75) is 44.8 Å². The summed E-state index contributed by atoms with van der Waals surface area (Å²) in [6.07, 6.45) is 4.74. The van der Waals surface area contributed by atoms with Crippen LogP contribution in [0.5, 0.6) is 0 Å². The normalized spacial score (nSPS) is 20.5. The summed E-state index contributed by atoms with van der Waals surface area (Å²) in [7, 11) is 0. The van der Waals surface area contributed by atoms with E-state index in [-0.39, 0.29) is 5.54 Å². The number of hydrogen-bond acceptors (Lipinski definition) is 3. The first-order chi connectivity index (χ1) is 10.1. The quantitative estimate of drug-likeness (QED) is 0.933. The first kappa shape index (κ1) is 14.5. The smallest absolute Gasteiger partial charge is 0.0971 e. The summed E-state index contributed by atoms with van der Waals surface area (Å²) in [4.78, 5) is 6.85. The predicted octanol–water partition coefficient (Wildman–Crippen LogP) is 3.53. The molecule has 1 N–H and O–H groups in total. The highest BCUT2D eigenvalue weighted by atomic mass is 16.3. The van der Waals surface area contributed by atoms with Gasteiger partial charge in [-0.25, -0.2) is 0 Å². The Balaban J connectivity index is 1.95. The minimum absolute atomic E-state index is 0.195. The van der Waals surface area contributed by atoms with Gasteiger partial charge in [-0.05, 0) is 57.0 Å². The van der Waals surface area contributed by atoms with Gasteiger partial charge in [0.15, 0.2) is 0 Å². The molecule has 2 unspecified atom stereocenters. The molecule has 112 valence electrons. The molecule has 0 saturated carbocycles. The van der Waals surface area contributed by atoms with Crippen LogP contribution in [-0.4, -0.2) is 33.6 Å². The van der Waals surface area contributed by atoms with Crippen LogP contribution in [0, 0.1) is 0 Å². The highest BCUT2D eigenvalue weighted by Crippen LogP contribution is 2.37. The molecule has 1 aliphatic rings. The number of rotatable bonds is 4. The van der Waals surface area contributed by atoms with Gasteiger partial charge in [0.2, 0.25) is 0 Å².